The molecule has 0 bridgehead atoms. The number of carbonyl (C=O) groups is 1. The number of nitrogens with zero attached hydrogens (tertiary/aromatic N) is 2. The van der Waals surface area contributed by atoms with Gasteiger partial charge in [0.15, 0.2) is 11.5 Å². The number of para-hydroxylation sites is 2. The standard InChI is InChI=1S/C24H19ClN4O3/c25-16-6-5-15-7-9-27-23(19(15)11-16)29-17-8-10-26-20(12-17)24(30)28-13-18-14-31-21-3-1-2-4-22(21)32-18/h1-12,18H,13-14H2,(H,28,30)(H,26,27,29). The minimum absolute atomic E-state index is 0.278. The van der Waals surface area contributed by atoms with Crippen LogP contribution in [0.4, 0.5) is 11.5 Å². The van der Waals surface area contributed by atoms with Gasteiger partial charge in [-0.1, -0.05) is 29.8 Å². The minimum atomic E-state index is -0.301. The Hall–Kier alpha value is -3.84. The second kappa shape index (κ2) is 8.72. The zero-order valence-corrected chi connectivity index (χ0v) is 17.7. The van der Waals surface area contributed by atoms with Crippen LogP contribution in [0.3, 0.4) is 0 Å². The van der Waals surface area contributed by atoms with E-state index in [2.05, 4.69) is 20.6 Å². The summed E-state index contributed by atoms with van der Waals surface area (Å²) in [4.78, 5) is 21.3. The molecule has 2 N–H and O–H groups in total. The van der Waals surface area contributed by atoms with Crippen LogP contribution in [0.15, 0.2) is 73.1 Å². The number of benzene rings is 2. The second-order valence-electron chi connectivity index (χ2n) is 7.29. The van der Waals surface area contributed by atoms with Crippen molar-refractivity contribution in [3.05, 3.63) is 83.8 Å². The molecule has 2 aromatic heterocycles. The lowest BCUT2D eigenvalue weighted by atomic mass is 10.1. The molecule has 1 aliphatic heterocycles. The van der Waals surface area contributed by atoms with E-state index in [1.54, 1.807) is 24.5 Å². The lowest BCUT2D eigenvalue weighted by Crippen LogP contribution is -2.40. The van der Waals surface area contributed by atoms with Crippen LogP contribution < -0.4 is 20.1 Å². The zero-order valence-electron chi connectivity index (χ0n) is 16.9. The number of halogens is 1. The number of nitrogens with one attached hydrogen (secondary N) is 2. The van der Waals surface area contributed by atoms with Crippen LogP contribution in [0.25, 0.3) is 10.8 Å². The number of ether oxygens (including phenoxy) is 2. The first-order valence-corrected chi connectivity index (χ1v) is 10.5. The monoisotopic (exact) mass is 446 g/mol. The average molecular weight is 447 g/mol. The van der Waals surface area contributed by atoms with Crippen LogP contribution in [0.1, 0.15) is 10.5 Å². The lowest BCUT2D eigenvalue weighted by Gasteiger charge is -2.26. The lowest BCUT2D eigenvalue weighted by molar-refractivity contribution is 0.0786. The molecule has 0 fully saturated rings. The molecule has 1 unspecified atom stereocenters. The van der Waals surface area contributed by atoms with Crippen LogP contribution >= 0.6 is 11.6 Å². The predicted molar refractivity (Wildman–Crippen MR) is 123 cm³/mol. The summed E-state index contributed by atoms with van der Waals surface area (Å²) in [7, 11) is 0. The van der Waals surface area contributed by atoms with E-state index >= 15 is 0 Å². The number of anilines is 2. The fourth-order valence-electron chi connectivity index (χ4n) is 3.47. The molecule has 8 heteroatoms. The van der Waals surface area contributed by atoms with E-state index in [0.29, 0.717) is 41.2 Å². The van der Waals surface area contributed by atoms with Gasteiger partial charge in [0, 0.05) is 28.5 Å². The van der Waals surface area contributed by atoms with Gasteiger partial charge in [0.1, 0.15) is 24.2 Å². The van der Waals surface area contributed by atoms with Gasteiger partial charge in [0.05, 0.1) is 6.54 Å². The third kappa shape index (κ3) is 4.29. The second-order valence-corrected chi connectivity index (χ2v) is 7.72. The Bertz CT molecular complexity index is 1300. The Morgan fingerprint density at radius 1 is 1.03 bits per heavy atom. The van der Waals surface area contributed by atoms with Crippen molar-refractivity contribution in [2.24, 2.45) is 0 Å². The number of carbonyl (C=O) groups excluding carboxylic acids is 1. The van der Waals surface area contributed by atoms with Crippen molar-refractivity contribution < 1.29 is 14.3 Å². The van der Waals surface area contributed by atoms with Gasteiger partial charge < -0.3 is 20.1 Å². The van der Waals surface area contributed by atoms with E-state index in [4.69, 9.17) is 21.1 Å². The SMILES string of the molecule is O=C(NCC1COc2ccccc2O1)c1cc(Nc2nccc3ccc(Cl)cc23)ccn1. The molecule has 0 saturated heterocycles. The van der Waals surface area contributed by atoms with Crippen LogP contribution in [-0.2, 0) is 0 Å². The highest BCUT2D eigenvalue weighted by molar-refractivity contribution is 6.31. The highest BCUT2D eigenvalue weighted by Gasteiger charge is 2.21. The van der Waals surface area contributed by atoms with Gasteiger partial charge in [-0.3, -0.25) is 9.78 Å². The quantitative estimate of drug-likeness (QED) is 0.466. The third-order valence-corrected chi connectivity index (χ3v) is 5.28. The fourth-order valence-corrected chi connectivity index (χ4v) is 3.64. The predicted octanol–water partition coefficient (Wildman–Crippen LogP) is 4.60. The highest BCUT2D eigenvalue weighted by Crippen LogP contribution is 2.31. The number of pyridine rings is 2. The molecule has 160 valence electrons. The molecule has 1 amide bonds. The molecule has 1 aliphatic rings. The summed E-state index contributed by atoms with van der Waals surface area (Å²) in [6.45, 7) is 0.664. The molecule has 1 atom stereocenters. The molecule has 7 nitrogen and oxygen atoms in total. The normalized spacial score (nSPS) is 14.7. The highest BCUT2D eigenvalue weighted by atomic mass is 35.5. The first-order chi connectivity index (χ1) is 15.7. The Kier molecular flexibility index (Phi) is 5.47. The summed E-state index contributed by atoms with van der Waals surface area (Å²) < 4.78 is 11.6. The summed E-state index contributed by atoms with van der Waals surface area (Å²) in [6.07, 6.45) is 3.02. The van der Waals surface area contributed by atoms with Gasteiger partial charge in [-0.25, -0.2) is 4.98 Å². The molecule has 0 aliphatic carbocycles. The van der Waals surface area contributed by atoms with E-state index in [0.717, 1.165) is 10.8 Å². The van der Waals surface area contributed by atoms with Crippen molar-refractivity contribution in [3.63, 3.8) is 0 Å². The number of fused-ring (bicyclic) bond motifs is 2. The minimum Gasteiger partial charge on any atom is -0.486 e. The molecule has 4 aromatic rings. The van der Waals surface area contributed by atoms with E-state index in [-0.39, 0.29) is 17.7 Å². The molecule has 3 heterocycles. The smallest absolute Gasteiger partial charge is 0.270 e. The van der Waals surface area contributed by atoms with Gasteiger partial charge in [-0.2, -0.15) is 0 Å². The van der Waals surface area contributed by atoms with Gasteiger partial charge in [0.25, 0.3) is 5.91 Å². The molecule has 0 radical (unpaired) electrons. The maximum absolute atomic E-state index is 12.7. The van der Waals surface area contributed by atoms with Gasteiger partial charge in [-0.05, 0) is 47.9 Å². The Balaban J connectivity index is 1.26. The number of hydrogen-bond acceptors (Lipinski definition) is 6. The maximum Gasteiger partial charge on any atom is 0.270 e. The molecule has 5 rings (SSSR count). The Morgan fingerprint density at radius 2 is 1.88 bits per heavy atom. The van der Waals surface area contributed by atoms with Crippen LogP contribution in [0, 0.1) is 0 Å². The van der Waals surface area contributed by atoms with Crippen molar-refractivity contribution in [1.82, 2.24) is 15.3 Å². The van der Waals surface area contributed by atoms with Crippen molar-refractivity contribution in [2.45, 2.75) is 6.10 Å². The van der Waals surface area contributed by atoms with Crippen LogP contribution in [-0.4, -0.2) is 35.1 Å². The van der Waals surface area contributed by atoms with Crippen LogP contribution in [0.5, 0.6) is 11.5 Å². The largest absolute Gasteiger partial charge is 0.486 e. The Morgan fingerprint density at radius 3 is 2.78 bits per heavy atom. The average Bonchev–Trinajstić information content (AvgIpc) is 2.83. The topological polar surface area (TPSA) is 85.4 Å². The summed E-state index contributed by atoms with van der Waals surface area (Å²) in [6, 6.07) is 18.4. The molecular weight excluding hydrogens is 428 g/mol. The van der Waals surface area contributed by atoms with E-state index < -0.39 is 0 Å². The number of rotatable bonds is 5. The number of hydrogen-bond donors (Lipinski definition) is 2. The molecule has 2 aromatic carbocycles. The van der Waals surface area contributed by atoms with E-state index in [9.17, 15) is 4.79 Å². The first kappa shape index (κ1) is 20.1. The fraction of sp³-hybridized carbons (Fsp3) is 0.125. The Labute approximate surface area is 189 Å². The molecule has 0 spiro atoms. The molecular formula is C24H19ClN4O3. The first-order valence-electron chi connectivity index (χ1n) is 10.1. The number of amides is 1. The molecule has 32 heavy (non-hydrogen) atoms. The van der Waals surface area contributed by atoms with E-state index in [1.165, 1.54) is 0 Å². The van der Waals surface area contributed by atoms with Crippen molar-refractivity contribution >= 4 is 39.8 Å². The van der Waals surface area contributed by atoms with Gasteiger partial charge in [-0.15, -0.1) is 0 Å². The van der Waals surface area contributed by atoms with E-state index in [1.807, 2.05) is 48.5 Å². The van der Waals surface area contributed by atoms with Gasteiger partial charge >= 0.3 is 0 Å². The summed E-state index contributed by atoms with van der Waals surface area (Å²) >= 11 is 6.15. The van der Waals surface area contributed by atoms with Gasteiger partial charge in [0.2, 0.25) is 0 Å². The molecule has 0 saturated carbocycles. The summed E-state index contributed by atoms with van der Waals surface area (Å²) in [5.74, 6) is 1.72. The van der Waals surface area contributed by atoms with Crippen molar-refractivity contribution in [2.75, 3.05) is 18.5 Å². The zero-order chi connectivity index (χ0) is 21.9. The van der Waals surface area contributed by atoms with Crippen molar-refractivity contribution in [1.29, 1.82) is 0 Å². The summed E-state index contributed by atoms with van der Waals surface area (Å²) in [5, 5.41) is 8.63. The van der Waals surface area contributed by atoms with Crippen molar-refractivity contribution in [3.8, 4) is 11.5 Å². The number of aromatic nitrogens is 2. The van der Waals surface area contributed by atoms with Crippen LogP contribution in [0.2, 0.25) is 5.02 Å². The third-order valence-electron chi connectivity index (χ3n) is 5.04. The summed E-state index contributed by atoms with van der Waals surface area (Å²) in [5.41, 5.74) is 0.974. The maximum atomic E-state index is 12.7.